The predicted molar refractivity (Wildman–Crippen MR) is 67.9 cm³/mol. The van der Waals surface area contributed by atoms with Crippen molar-refractivity contribution in [3.8, 4) is 6.07 Å². The van der Waals surface area contributed by atoms with Crippen LogP contribution in [-0.2, 0) is 16.1 Å². The van der Waals surface area contributed by atoms with Gasteiger partial charge in [0.1, 0.15) is 6.04 Å². The maximum Gasteiger partial charge on any atom is 0.124 e. The smallest absolute Gasteiger partial charge is 0.124 e. The molecule has 1 aromatic carbocycles. The molecule has 1 saturated heterocycles. The van der Waals surface area contributed by atoms with Crippen LogP contribution in [0.4, 0.5) is 0 Å². The van der Waals surface area contributed by atoms with Gasteiger partial charge in [-0.05, 0) is 11.1 Å². The zero-order valence-electron chi connectivity index (χ0n) is 10.6. The summed E-state index contributed by atoms with van der Waals surface area (Å²) in [4.78, 5) is 2.16. The fourth-order valence-corrected chi connectivity index (χ4v) is 2.17. The van der Waals surface area contributed by atoms with Gasteiger partial charge in [-0.25, -0.2) is 0 Å². The van der Waals surface area contributed by atoms with Crippen molar-refractivity contribution in [2.24, 2.45) is 0 Å². The summed E-state index contributed by atoms with van der Waals surface area (Å²) in [6.45, 7) is 3.66. The molecule has 4 heteroatoms. The topological polar surface area (TPSA) is 45.5 Å². The van der Waals surface area contributed by atoms with Crippen molar-refractivity contribution in [3.05, 3.63) is 35.4 Å². The first-order valence-electron chi connectivity index (χ1n) is 6.14. The van der Waals surface area contributed by atoms with Gasteiger partial charge >= 0.3 is 0 Å². The van der Waals surface area contributed by atoms with Crippen molar-refractivity contribution in [2.75, 3.05) is 33.4 Å². The third-order valence-corrected chi connectivity index (χ3v) is 3.14. The standard InChI is InChI=1S/C14H18N2O2/c1-17-11-12-2-4-13(5-3-12)14(10-15)16-6-8-18-9-7-16/h2-5,14H,6-9,11H2,1H3. The van der Waals surface area contributed by atoms with Crippen LogP contribution in [0.1, 0.15) is 17.2 Å². The van der Waals surface area contributed by atoms with Gasteiger partial charge in [0.15, 0.2) is 0 Å². The van der Waals surface area contributed by atoms with Gasteiger partial charge in [-0.3, -0.25) is 4.90 Å². The lowest BCUT2D eigenvalue weighted by Crippen LogP contribution is -2.38. The van der Waals surface area contributed by atoms with Crippen LogP contribution < -0.4 is 0 Å². The number of hydrogen-bond donors (Lipinski definition) is 0. The number of ether oxygens (including phenoxy) is 2. The van der Waals surface area contributed by atoms with Crippen molar-refractivity contribution in [2.45, 2.75) is 12.6 Å². The van der Waals surface area contributed by atoms with E-state index < -0.39 is 0 Å². The second-order valence-corrected chi connectivity index (χ2v) is 4.35. The Balaban J connectivity index is 2.09. The lowest BCUT2D eigenvalue weighted by atomic mass is 10.0. The van der Waals surface area contributed by atoms with Gasteiger partial charge < -0.3 is 9.47 Å². The largest absolute Gasteiger partial charge is 0.380 e. The second-order valence-electron chi connectivity index (χ2n) is 4.35. The normalized spacial score (nSPS) is 18.2. The van der Waals surface area contributed by atoms with Crippen LogP contribution in [0.3, 0.4) is 0 Å². The van der Waals surface area contributed by atoms with E-state index in [-0.39, 0.29) is 6.04 Å². The summed E-state index contributed by atoms with van der Waals surface area (Å²) in [7, 11) is 1.68. The average Bonchev–Trinajstić information content (AvgIpc) is 2.43. The number of methoxy groups -OCH3 is 1. The molecule has 0 aromatic heterocycles. The van der Waals surface area contributed by atoms with E-state index in [0.29, 0.717) is 19.8 Å². The highest BCUT2D eigenvalue weighted by Gasteiger charge is 2.21. The minimum Gasteiger partial charge on any atom is -0.380 e. The summed E-state index contributed by atoms with van der Waals surface area (Å²) in [6.07, 6.45) is 0. The van der Waals surface area contributed by atoms with Crippen LogP contribution in [-0.4, -0.2) is 38.3 Å². The number of morpholine rings is 1. The van der Waals surface area contributed by atoms with Crippen molar-refractivity contribution < 1.29 is 9.47 Å². The first-order valence-corrected chi connectivity index (χ1v) is 6.14. The quantitative estimate of drug-likeness (QED) is 0.811. The number of rotatable bonds is 4. The molecule has 0 radical (unpaired) electrons. The van der Waals surface area contributed by atoms with Crippen molar-refractivity contribution in [3.63, 3.8) is 0 Å². The molecule has 96 valence electrons. The Hall–Kier alpha value is -1.41. The molecule has 1 aliphatic heterocycles. The van der Waals surface area contributed by atoms with Gasteiger partial charge in [0, 0.05) is 20.2 Å². The van der Waals surface area contributed by atoms with Crippen LogP contribution in [0.2, 0.25) is 0 Å². The van der Waals surface area contributed by atoms with E-state index in [0.717, 1.165) is 24.2 Å². The van der Waals surface area contributed by atoms with E-state index >= 15 is 0 Å². The molecule has 1 unspecified atom stereocenters. The molecule has 2 rings (SSSR count). The van der Waals surface area contributed by atoms with Gasteiger partial charge in [-0.2, -0.15) is 5.26 Å². The maximum atomic E-state index is 9.35. The Morgan fingerprint density at radius 1 is 1.33 bits per heavy atom. The summed E-state index contributed by atoms with van der Waals surface area (Å²) in [6, 6.07) is 10.3. The summed E-state index contributed by atoms with van der Waals surface area (Å²) >= 11 is 0. The lowest BCUT2D eigenvalue weighted by Gasteiger charge is -2.30. The first kappa shape index (κ1) is 13.0. The van der Waals surface area contributed by atoms with Gasteiger partial charge in [0.2, 0.25) is 0 Å². The van der Waals surface area contributed by atoms with Gasteiger partial charge in [0.25, 0.3) is 0 Å². The summed E-state index contributed by atoms with van der Waals surface area (Å²) in [5, 5.41) is 9.35. The van der Waals surface area contributed by atoms with Crippen molar-refractivity contribution in [1.82, 2.24) is 4.90 Å². The molecule has 0 saturated carbocycles. The van der Waals surface area contributed by atoms with E-state index in [1.165, 1.54) is 0 Å². The maximum absolute atomic E-state index is 9.35. The fourth-order valence-electron chi connectivity index (χ4n) is 2.17. The Morgan fingerprint density at radius 2 is 2.00 bits per heavy atom. The van der Waals surface area contributed by atoms with Crippen LogP contribution in [0.25, 0.3) is 0 Å². The molecule has 1 atom stereocenters. The highest BCUT2D eigenvalue weighted by atomic mass is 16.5. The molecular formula is C14H18N2O2. The van der Waals surface area contributed by atoms with E-state index in [1.807, 2.05) is 24.3 Å². The number of nitrogens with zero attached hydrogens (tertiary/aromatic N) is 2. The first-order chi connectivity index (χ1) is 8.85. The third-order valence-electron chi connectivity index (χ3n) is 3.14. The Kier molecular flexibility index (Phi) is 4.71. The van der Waals surface area contributed by atoms with Crippen molar-refractivity contribution >= 4 is 0 Å². The highest BCUT2D eigenvalue weighted by Crippen LogP contribution is 2.21. The van der Waals surface area contributed by atoms with Gasteiger partial charge in [-0.15, -0.1) is 0 Å². The molecule has 1 aliphatic rings. The molecule has 4 nitrogen and oxygen atoms in total. The van der Waals surface area contributed by atoms with E-state index in [4.69, 9.17) is 9.47 Å². The van der Waals surface area contributed by atoms with Crippen LogP contribution in [0.5, 0.6) is 0 Å². The number of benzene rings is 1. The van der Waals surface area contributed by atoms with Gasteiger partial charge in [0.05, 0.1) is 25.9 Å². The molecule has 0 N–H and O–H groups in total. The minimum absolute atomic E-state index is 0.175. The summed E-state index contributed by atoms with van der Waals surface area (Å²) < 4.78 is 10.4. The molecule has 0 amide bonds. The molecule has 0 bridgehead atoms. The summed E-state index contributed by atoms with van der Waals surface area (Å²) in [5.41, 5.74) is 2.17. The molecule has 1 heterocycles. The van der Waals surface area contributed by atoms with Crippen molar-refractivity contribution in [1.29, 1.82) is 5.26 Å². The fraction of sp³-hybridized carbons (Fsp3) is 0.500. The van der Waals surface area contributed by atoms with Gasteiger partial charge in [-0.1, -0.05) is 24.3 Å². The molecule has 1 fully saturated rings. The van der Waals surface area contributed by atoms with E-state index in [2.05, 4.69) is 11.0 Å². The molecule has 1 aromatic rings. The molecule has 0 spiro atoms. The number of nitriles is 1. The highest BCUT2D eigenvalue weighted by molar-refractivity contribution is 5.28. The zero-order chi connectivity index (χ0) is 12.8. The SMILES string of the molecule is COCc1ccc(C(C#N)N2CCOCC2)cc1. The van der Waals surface area contributed by atoms with E-state index in [9.17, 15) is 5.26 Å². The third kappa shape index (κ3) is 3.08. The second kappa shape index (κ2) is 6.50. The van der Waals surface area contributed by atoms with Crippen LogP contribution in [0.15, 0.2) is 24.3 Å². The average molecular weight is 246 g/mol. The zero-order valence-corrected chi connectivity index (χ0v) is 10.6. The van der Waals surface area contributed by atoms with E-state index in [1.54, 1.807) is 7.11 Å². The lowest BCUT2D eigenvalue weighted by molar-refractivity contribution is 0.0266. The monoisotopic (exact) mass is 246 g/mol. The van der Waals surface area contributed by atoms with Crippen LogP contribution >= 0.6 is 0 Å². The minimum atomic E-state index is -0.175. The predicted octanol–water partition coefficient (Wildman–Crippen LogP) is 1.73. The Bertz CT molecular complexity index is 405. The Labute approximate surface area is 108 Å². The summed E-state index contributed by atoms with van der Waals surface area (Å²) in [5.74, 6) is 0. The molecule has 0 aliphatic carbocycles. The molecular weight excluding hydrogens is 228 g/mol. The van der Waals surface area contributed by atoms with Crippen LogP contribution in [0, 0.1) is 11.3 Å². The number of hydrogen-bond acceptors (Lipinski definition) is 4. The molecule has 18 heavy (non-hydrogen) atoms. The Morgan fingerprint density at radius 3 is 2.56 bits per heavy atom.